The van der Waals surface area contributed by atoms with E-state index >= 15 is 0 Å². The molecule has 5 heteroatoms. The SMILES string of the molecule is CN(C)C1Cc2c([nH]c3ccc(C(=O)c4ccc(I)cc4)cc23)C(N)C1. The summed E-state index contributed by atoms with van der Waals surface area (Å²) in [5.74, 6) is 0.0579. The lowest BCUT2D eigenvalue weighted by molar-refractivity contribution is 0.103. The van der Waals surface area contributed by atoms with E-state index in [0.29, 0.717) is 6.04 Å². The molecule has 0 aliphatic heterocycles. The highest BCUT2D eigenvalue weighted by atomic mass is 127. The molecule has 4 nitrogen and oxygen atoms in total. The van der Waals surface area contributed by atoms with Crippen LogP contribution in [0.1, 0.15) is 39.6 Å². The summed E-state index contributed by atoms with van der Waals surface area (Å²) in [7, 11) is 4.20. The molecule has 0 spiro atoms. The molecular formula is C21H22IN3O. The summed E-state index contributed by atoms with van der Waals surface area (Å²) in [6.07, 6.45) is 1.90. The van der Waals surface area contributed by atoms with Crippen LogP contribution in [0.15, 0.2) is 42.5 Å². The smallest absolute Gasteiger partial charge is 0.193 e. The van der Waals surface area contributed by atoms with E-state index in [1.165, 1.54) is 5.56 Å². The average molecular weight is 459 g/mol. The number of ketones is 1. The number of carbonyl (C=O) groups is 1. The minimum Gasteiger partial charge on any atom is -0.357 e. The third-order valence-corrected chi connectivity index (χ3v) is 6.09. The van der Waals surface area contributed by atoms with Crippen LogP contribution in [0.5, 0.6) is 0 Å². The first-order chi connectivity index (χ1) is 12.4. The summed E-state index contributed by atoms with van der Waals surface area (Å²) >= 11 is 2.25. The first-order valence-electron chi connectivity index (χ1n) is 8.81. The van der Waals surface area contributed by atoms with Gasteiger partial charge in [-0.15, -0.1) is 0 Å². The van der Waals surface area contributed by atoms with E-state index in [4.69, 9.17) is 5.73 Å². The fraction of sp³-hybridized carbons (Fsp3) is 0.286. The number of hydrogen-bond acceptors (Lipinski definition) is 3. The Balaban J connectivity index is 1.77. The number of fused-ring (bicyclic) bond motifs is 3. The molecule has 1 heterocycles. The van der Waals surface area contributed by atoms with Gasteiger partial charge in [0.05, 0.1) is 0 Å². The van der Waals surface area contributed by atoms with Gasteiger partial charge in [-0.25, -0.2) is 0 Å². The van der Waals surface area contributed by atoms with E-state index in [0.717, 1.165) is 44.1 Å². The molecule has 2 atom stereocenters. The second-order valence-corrected chi connectivity index (χ2v) is 8.52. The summed E-state index contributed by atoms with van der Waals surface area (Å²) < 4.78 is 1.12. The van der Waals surface area contributed by atoms with Crippen LogP contribution in [0.25, 0.3) is 10.9 Å². The van der Waals surface area contributed by atoms with Crippen molar-refractivity contribution in [3.8, 4) is 0 Å². The van der Waals surface area contributed by atoms with E-state index in [1.54, 1.807) is 0 Å². The number of likely N-dealkylation sites (N-methyl/N-ethyl adjacent to an activating group) is 1. The van der Waals surface area contributed by atoms with Gasteiger partial charge in [-0.05, 0) is 97.6 Å². The summed E-state index contributed by atoms with van der Waals surface area (Å²) in [5, 5.41) is 1.12. The molecule has 0 bridgehead atoms. The Labute approximate surface area is 166 Å². The van der Waals surface area contributed by atoms with Crippen LogP contribution in [0, 0.1) is 3.57 Å². The second kappa shape index (κ2) is 6.79. The summed E-state index contributed by atoms with van der Waals surface area (Å²) in [6, 6.07) is 14.1. The van der Waals surface area contributed by atoms with Gasteiger partial charge in [0.2, 0.25) is 0 Å². The fourth-order valence-corrected chi connectivity index (χ4v) is 4.20. The highest BCUT2D eigenvalue weighted by Gasteiger charge is 2.29. The molecule has 0 amide bonds. The third kappa shape index (κ3) is 3.08. The Morgan fingerprint density at radius 3 is 2.54 bits per heavy atom. The summed E-state index contributed by atoms with van der Waals surface area (Å²) in [4.78, 5) is 18.6. The molecule has 0 fully saturated rings. The first kappa shape index (κ1) is 17.7. The van der Waals surface area contributed by atoms with Crippen LogP contribution in [0.3, 0.4) is 0 Å². The fourth-order valence-electron chi connectivity index (χ4n) is 3.84. The monoisotopic (exact) mass is 459 g/mol. The zero-order valence-corrected chi connectivity index (χ0v) is 17.1. The number of benzene rings is 2. The lowest BCUT2D eigenvalue weighted by Crippen LogP contribution is -2.37. The van der Waals surface area contributed by atoms with Crippen molar-refractivity contribution < 1.29 is 4.79 Å². The van der Waals surface area contributed by atoms with E-state index in [2.05, 4.69) is 46.6 Å². The second-order valence-electron chi connectivity index (χ2n) is 7.28. The average Bonchev–Trinajstić information content (AvgIpc) is 3.00. The normalized spacial score (nSPS) is 19.7. The zero-order valence-electron chi connectivity index (χ0n) is 14.9. The largest absolute Gasteiger partial charge is 0.357 e. The number of nitrogens with two attached hydrogens (primary N) is 1. The van der Waals surface area contributed by atoms with Crippen molar-refractivity contribution in [3.63, 3.8) is 0 Å². The molecule has 3 N–H and O–H groups in total. The van der Waals surface area contributed by atoms with Crippen molar-refractivity contribution in [1.29, 1.82) is 0 Å². The topological polar surface area (TPSA) is 62.1 Å². The molecule has 0 saturated carbocycles. The predicted molar refractivity (Wildman–Crippen MR) is 114 cm³/mol. The van der Waals surface area contributed by atoms with Crippen LogP contribution in [-0.4, -0.2) is 35.8 Å². The number of H-pyrrole nitrogens is 1. The molecule has 2 unspecified atom stereocenters. The van der Waals surface area contributed by atoms with E-state index in [-0.39, 0.29) is 11.8 Å². The molecule has 4 rings (SSSR count). The van der Waals surface area contributed by atoms with Crippen LogP contribution < -0.4 is 5.73 Å². The Bertz CT molecular complexity index is 975. The third-order valence-electron chi connectivity index (χ3n) is 5.37. The lowest BCUT2D eigenvalue weighted by atomic mass is 9.87. The first-order valence-corrected chi connectivity index (χ1v) is 9.88. The van der Waals surface area contributed by atoms with Gasteiger partial charge in [0.15, 0.2) is 5.78 Å². The Hall–Kier alpha value is -1.70. The molecule has 1 aromatic heterocycles. The van der Waals surface area contributed by atoms with Crippen molar-refractivity contribution in [2.75, 3.05) is 14.1 Å². The van der Waals surface area contributed by atoms with Crippen molar-refractivity contribution in [2.45, 2.75) is 24.9 Å². The zero-order chi connectivity index (χ0) is 18.4. The molecule has 3 aromatic rings. The van der Waals surface area contributed by atoms with Gasteiger partial charge in [-0.2, -0.15) is 0 Å². The molecule has 26 heavy (non-hydrogen) atoms. The van der Waals surface area contributed by atoms with Gasteiger partial charge in [0, 0.05) is 43.4 Å². The molecule has 1 aliphatic carbocycles. The van der Waals surface area contributed by atoms with Gasteiger partial charge >= 0.3 is 0 Å². The maximum absolute atomic E-state index is 12.9. The molecule has 0 radical (unpaired) electrons. The van der Waals surface area contributed by atoms with Crippen molar-refractivity contribution >= 4 is 39.3 Å². The van der Waals surface area contributed by atoms with Crippen molar-refractivity contribution in [1.82, 2.24) is 9.88 Å². The molecule has 1 aliphatic rings. The number of nitrogens with zero attached hydrogens (tertiary/aromatic N) is 1. The molecule has 134 valence electrons. The van der Waals surface area contributed by atoms with Crippen LogP contribution >= 0.6 is 22.6 Å². The van der Waals surface area contributed by atoms with E-state index < -0.39 is 0 Å². The van der Waals surface area contributed by atoms with Crippen molar-refractivity contribution in [2.24, 2.45) is 5.73 Å². The van der Waals surface area contributed by atoms with Crippen LogP contribution in [0.2, 0.25) is 0 Å². The standard InChI is InChI=1S/C21H22IN3O/c1-25(2)15-10-17-16-9-13(21(26)12-3-6-14(22)7-4-12)5-8-19(16)24-20(17)18(23)11-15/h3-9,15,18,24H,10-11,23H2,1-2H3. The number of halogens is 1. The van der Waals surface area contributed by atoms with Gasteiger partial charge in [-0.3, -0.25) is 4.79 Å². The molecule has 2 aromatic carbocycles. The molecular weight excluding hydrogens is 437 g/mol. The minimum atomic E-state index is 0.00824. The number of nitrogens with one attached hydrogen (secondary N) is 1. The lowest BCUT2D eigenvalue weighted by Gasteiger charge is -2.31. The van der Waals surface area contributed by atoms with Gasteiger partial charge in [-0.1, -0.05) is 0 Å². The van der Waals surface area contributed by atoms with Crippen LogP contribution in [0.4, 0.5) is 0 Å². The number of carbonyl (C=O) groups excluding carboxylic acids is 1. The summed E-state index contributed by atoms with van der Waals surface area (Å²) in [5.41, 5.74) is 11.3. The van der Waals surface area contributed by atoms with Crippen molar-refractivity contribution in [3.05, 3.63) is 68.4 Å². The number of hydrogen-bond donors (Lipinski definition) is 2. The maximum atomic E-state index is 12.9. The predicted octanol–water partition coefficient (Wildman–Crippen LogP) is 3.88. The highest BCUT2D eigenvalue weighted by Crippen LogP contribution is 2.35. The van der Waals surface area contributed by atoms with Crippen LogP contribution in [-0.2, 0) is 6.42 Å². The van der Waals surface area contributed by atoms with E-state index in [9.17, 15) is 4.79 Å². The quantitative estimate of drug-likeness (QED) is 0.462. The number of aromatic amines is 1. The highest BCUT2D eigenvalue weighted by molar-refractivity contribution is 14.1. The number of aromatic nitrogens is 1. The summed E-state index contributed by atoms with van der Waals surface area (Å²) in [6.45, 7) is 0. The maximum Gasteiger partial charge on any atom is 0.193 e. The molecule has 0 saturated heterocycles. The van der Waals surface area contributed by atoms with Gasteiger partial charge in [0.25, 0.3) is 0 Å². The van der Waals surface area contributed by atoms with E-state index in [1.807, 2.05) is 42.5 Å². The minimum absolute atomic E-state index is 0.00824. The Kier molecular flexibility index (Phi) is 4.62. The number of rotatable bonds is 3. The van der Waals surface area contributed by atoms with Gasteiger partial charge < -0.3 is 15.6 Å². The Morgan fingerprint density at radius 1 is 1.15 bits per heavy atom. The Morgan fingerprint density at radius 2 is 1.85 bits per heavy atom. The van der Waals surface area contributed by atoms with Gasteiger partial charge in [0.1, 0.15) is 0 Å².